The maximum atomic E-state index is 13.0. The van der Waals surface area contributed by atoms with Crippen LogP contribution in [0.1, 0.15) is 30.0 Å². The van der Waals surface area contributed by atoms with Gasteiger partial charge in [-0.1, -0.05) is 78.9 Å². The molecule has 0 aliphatic carbocycles. The summed E-state index contributed by atoms with van der Waals surface area (Å²) in [5, 5.41) is 0. The largest absolute Gasteiger partial charge is 0.368 e. The molecule has 2 aliphatic rings. The summed E-state index contributed by atoms with van der Waals surface area (Å²) in [5.41, 5.74) is 3.74. The minimum atomic E-state index is 0.0897. The Morgan fingerprint density at radius 3 is 1.41 bits per heavy atom. The van der Waals surface area contributed by atoms with Crippen LogP contribution in [0.4, 0.5) is 5.69 Å². The number of amides is 2. The van der Waals surface area contributed by atoms with Gasteiger partial charge in [-0.15, -0.1) is 0 Å². The number of hydrogen-bond acceptors (Lipinski definition) is 4. The van der Waals surface area contributed by atoms with Crippen LogP contribution in [0.25, 0.3) is 0 Å². The highest BCUT2D eigenvalue weighted by Gasteiger charge is 2.29. The third kappa shape index (κ3) is 6.20. The zero-order valence-electron chi connectivity index (χ0n) is 21.4. The molecule has 37 heavy (non-hydrogen) atoms. The van der Waals surface area contributed by atoms with E-state index in [1.165, 1.54) is 16.8 Å². The normalized spacial score (nSPS) is 16.7. The van der Waals surface area contributed by atoms with Gasteiger partial charge in [0, 0.05) is 70.9 Å². The molecular weight excluding hydrogens is 460 g/mol. The van der Waals surface area contributed by atoms with Crippen molar-refractivity contribution >= 4 is 17.5 Å². The quantitative estimate of drug-likeness (QED) is 0.495. The SMILES string of the molecule is O=C(CCC(=O)N1CCN(C(c2ccccc2)c2ccccc2)CC1)N1CCN(c2ccccc2)CC1. The Hall–Kier alpha value is -3.64. The van der Waals surface area contributed by atoms with Crippen molar-refractivity contribution in [2.75, 3.05) is 57.3 Å². The fraction of sp³-hybridized carbons (Fsp3) is 0.355. The summed E-state index contributed by atoms with van der Waals surface area (Å²) < 4.78 is 0. The lowest BCUT2D eigenvalue weighted by Gasteiger charge is -2.40. The third-order valence-corrected chi connectivity index (χ3v) is 7.57. The molecule has 0 spiro atoms. The summed E-state index contributed by atoms with van der Waals surface area (Å²) >= 11 is 0. The van der Waals surface area contributed by atoms with E-state index >= 15 is 0 Å². The van der Waals surface area contributed by atoms with E-state index in [-0.39, 0.29) is 17.9 Å². The Balaban J connectivity index is 1.10. The molecule has 3 aromatic carbocycles. The summed E-state index contributed by atoms with van der Waals surface area (Å²) in [6.45, 7) is 6.09. The lowest BCUT2D eigenvalue weighted by molar-refractivity contribution is -0.138. The van der Waals surface area contributed by atoms with Crippen molar-refractivity contribution in [3.8, 4) is 0 Å². The van der Waals surface area contributed by atoms with E-state index in [0.29, 0.717) is 39.0 Å². The standard InChI is InChI=1S/C31H36N4O2/c36-29(33-20-18-32(19-21-33)28-14-8-3-9-15-28)16-17-30(37)34-22-24-35(25-23-34)31(26-10-4-1-5-11-26)27-12-6-2-7-13-27/h1-15,31H,16-25H2. The van der Waals surface area contributed by atoms with Gasteiger partial charge in [0.2, 0.25) is 11.8 Å². The second-order valence-corrected chi connectivity index (χ2v) is 9.84. The molecule has 192 valence electrons. The second kappa shape index (κ2) is 12.1. The average molecular weight is 497 g/mol. The molecule has 0 unspecified atom stereocenters. The molecule has 0 saturated carbocycles. The van der Waals surface area contributed by atoms with Crippen molar-refractivity contribution < 1.29 is 9.59 Å². The number of carbonyl (C=O) groups is 2. The third-order valence-electron chi connectivity index (χ3n) is 7.57. The molecule has 6 heteroatoms. The first kappa shape index (κ1) is 25.0. The van der Waals surface area contributed by atoms with Gasteiger partial charge in [-0.3, -0.25) is 14.5 Å². The molecule has 2 aliphatic heterocycles. The van der Waals surface area contributed by atoms with Crippen LogP contribution in [0.3, 0.4) is 0 Å². The fourth-order valence-corrected chi connectivity index (χ4v) is 5.50. The molecule has 0 bridgehead atoms. The van der Waals surface area contributed by atoms with E-state index in [9.17, 15) is 9.59 Å². The molecule has 0 aromatic heterocycles. The van der Waals surface area contributed by atoms with Crippen molar-refractivity contribution in [1.82, 2.24) is 14.7 Å². The Labute approximate surface area is 220 Å². The van der Waals surface area contributed by atoms with Crippen molar-refractivity contribution in [1.29, 1.82) is 0 Å². The van der Waals surface area contributed by atoms with Crippen LogP contribution in [-0.2, 0) is 9.59 Å². The highest BCUT2D eigenvalue weighted by Crippen LogP contribution is 2.29. The zero-order valence-corrected chi connectivity index (χ0v) is 21.4. The summed E-state index contributed by atoms with van der Waals surface area (Å²) in [4.78, 5) is 34.4. The first-order chi connectivity index (χ1) is 18.2. The molecule has 0 radical (unpaired) electrons. The van der Waals surface area contributed by atoms with E-state index < -0.39 is 0 Å². The monoisotopic (exact) mass is 496 g/mol. The fourth-order valence-electron chi connectivity index (χ4n) is 5.50. The average Bonchev–Trinajstić information content (AvgIpc) is 2.98. The summed E-state index contributed by atoms with van der Waals surface area (Å²) in [7, 11) is 0. The molecule has 2 fully saturated rings. The van der Waals surface area contributed by atoms with Gasteiger partial charge in [-0.05, 0) is 23.3 Å². The maximum Gasteiger partial charge on any atom is 0.223 e. The molecule has 0 N–H and O–H groups in total. The van der Waals surface area contributed by atoms with Crippen LogP contribution in [0.5, 0.6) is 0 Å². The van der Waals surface area contributed by atoms with E-state index in [2.05, 4.69) is 70.5 Å². The first-order valence-electron chi connectivity index (χ1n) is 13.4. The van der Waals surface area contributed by atoms with Crippen LogP contribution >= 0.6 is 0 Å². The number of rotatable bonds is 7. The van der Waals surface area contributed by atoms with Crippen LogP contribution in [0.15, 0.2) is 91.0 Å². The summed E-state index contributed by atoms with van der Waals surface area (Å²) in [6, 6.07) is 31.7. The van der Waals surface area contributed by atoms with Gasteiger partial charge in [-0.2, -0.15) is 0 Å². The lowest BCUT2D eigenvalue weighted by Crippen LogP contribution is -2.50. The van der Waals surface area contributed by atoms with Gasteiger partial charge >= 0.3 is 0 Å². The Morgan fingerprint density at radius 2 is 0.946 bits per heavy atom. The van der Waals surface area contributed by atoms with Crippen molar-refractivity contribution in [2.24, 2.45) is 0 Å². The van der Waals surface area contributed by atoms with E-state index in [4.69, 9.17) is 0 Å². The Morgan fingerprint density at radius 1 is 0.541 bits per heavy atom. The smallest absolute Gasteiger partial charge is 0.223 e. The number of para-hydroxylation sites is 1. The highest BCUT2D eigenvalue weighted by atomic mass is 16.2. The molecule has 5 rings (SSSR count). The predicted molar refractivity (Wildman–Crippen MR) is 147 cm³/mol. The van der Waals surface area contributed by atoms with Gasteiger partial charge in [0.15, 0.2) is 0 Å². The number of benzene rings is 3. The second-order valence-electron chi connectivity index (χ2n) is 9.84. The van der Waals surface area contributed by atoms with E-state index in [1.54, 1.807) is 0 Å². The molecule has 0 atom stereocenters. The number of piperazine rings is 2. The minimum absolute atomic E-state index is 0.0897. The summed E-state index contributed by atoms with van der Waals surface area (Å²) in [6.07, 6.45) is 0.583. The van der Waals surface area contributed by atoms with Crippen LogP contribution in [0, 0.1) is 0 Å². The number of anilines is 1. The van der Waals surface area contributed by atoms with Crippen LogP contribution in [-0.4, -0.2) is 78.9 Å². The van der Waals surface area contributed by atoms with Crippen molar-refractivity contribution in [2.45, 2.75) is 18.9 Å². The van der Waals surface area contributed by atoms with Crippen molar-refractivity contribution in [3.05, 3.63) is 102 Å². The molecule has 3 aromatic rings. The van der Waals surface area contributed by atoms with E-state index in [1.807, 2.05) is 40.1 Å². The number of hydrogen-bond donors (Lipinski definition) is 0. The van der Waals surface area contributed by atoms with Crippen LogP contribution < -0.4 is 4.90 Å². The molecule has 6 nitrogen and oxygen atoms in total. The zero-order chi connectivity index (χ0) is 25.5. The first-order valence-corrected chi connectivity index (χ1v) is 13.4. The molecule has 2 heterocycles. The van der Waals surface area contributed by atoms with Gasteiger partial charge in [0.05, 0.1) is 6.04 Å². The molecule has 2 amide bonds. The molecular formula is C31H36N4O2. The van der Waals surface area contributed by atoms with Gasteiger partial charge in [0.1, 0.15) is 0 Å². The van der Waals surface area contributed by atoms with Gasteiger partial charge < -0.3 is 14.7 Å². The maximum absolute atomic E-state index is 13.0. The van der Waals surface area contributed by atoms with Crippen molar-refractivity contribution in [3.63, 3.8) is 0 Å². The summed E-state index contributed by atoms with van der Waals surface area (Å²) in [5.74, 6) is 0.180. The Bertz CT molecular complexity index is 1100. The number of carbonyl (C=O) groups excluding carboxylic acids is 2. The van der Waals surface area contributed by atoms with Gasteiger partial charge in [-0.25, -0.2) is 0 Å². The highest BCUT2D eigenvalue weighted by molar-refractivity contribution is 5.84. The predicted octanol–water partition coefficient (Wildman–Crippen LogP) is 4.05. The Kier molecular flexibility index (Phi) is 8.16. The topological polar surface area (TPSA) is 47.1 Å². The molecule has 2 saturated heterocycles. The number of nitrogens with zero attached hydrogens (tertiary/aromatic N) is 4. The van der Waals surface area contributed by atoms with Crippen LogP contribution in [0.2, 0.25) is 0 Å². The van der Waals surface area contributed by atoms with Gasteiger partial charge in [0.25, 0.3) is 0 Å². The minimum Gasteiger partial charge on any atom is -0.368 e. The van der Waals surface area contributed by atoms with E-state index in [0.717, 1.165) is 26.2 Å². The lowest BCUT2D eigenvalue weighted by atomic mass is 9.96.